The molecule has 0 spiro atoms. The van der Waals surface area contributed by atoms with E-state index in [-0.39, 0.29) is 4.90 Å². The Labute approximate surface area is 161 Å². The molecule has 1 N–H and O–H groups in total. The van der Waals surface area contributed by atoms with Crippen LogP contribution < -0.4 is 0 Å². The van der Waals surface area contributed by atoms with Crippen molar-refractivity contribution in [1.29, 1.82) is 0 Å². The summed E-state index contributed by atoms with van der Waals surface area (Å²) in [4.78, 5) is 2.35. The average molecular weight is 391 g/mol. The molecule has 0 bridgehead atoms. The maximum Gasteiger partial charge on any atom is 0.244 e. The molecule has 146 valence electrons. The van der Waals surface area contributed by atoms with Crippen LogP contribution >= 0.6 is 0 Å². The van der Waals surface area contributed by atoms with Crippen molar-refractivity contribution < 1.29 is 18.4 Å². The van der Waals surface area contributed by atoms with Crippen molar-refractivity contribution in [2.24, 2.45) is 0 Å². The van der Waals surface area contributed by atoms with Gasteiger partial charge in [0.15, 0.2) is 0 Å². The van der Waals surface area contributed by atoms with Crippen molar-refractivity contribution in [3.63, 3.8) is 0 Å². The van der Waals surface area contributed by atoms with Gasteiger partial charge in [0.25, 0.3) is 0 Å². The second kappa shape index (κ2) is 7.22. The first kappa shape index (κ1) is 19.8. The molecular weight excluding hydrogens is 362 g/mol. The van der Waals surface area contributed by atoms with E-state index in [0.29, 0.717) is 31.7 Å². The lowest BCUT2D eigenvalue weighted by Crippen LogP contribution is -2.47. The Morgan fingerprint density at radius 2 is 1.67 bits per heavy atom. The van der Waals surface area contributed by atoms with Crippen molar-refractivity contribution >= 4 is 27.0 Å². The fourth-order valence-corrected chi connectivity index (χ4v) is 4.72. The predicted molar refractivity (Wildman–Crippen MR) is 107 cm³/mol. The van der Waals surface area contributed by atoms with Crippen LogP contribution in [0.25, 0.3) is 10.8 Å². The zero-order valence-electron chi connectivity index (χ0n) is 16.4. The number of hydrogen-bond donors (Lipinski definition) is 1. The summed E-state index contributed by atoms with van der Waals surface area (Å²) in [5.74, 6) is 0. The second-order valence-electron chi connectivity index (χ2n) is 8.05. The fraction of sp³-hybridized carbons (Fsp3) is 0.450. The number of benzene rings is 2. The maximum absolute atomic E-state index is 13.4. The Bertz CT molecular complexity index is 970. The van der Waals surface area contributed by atoms with Crippen LogP contribution in [0.1, 0.15) is 26.3 Å². The summed E-state index contributed by atoms with van der Waals surface area (Å²) in [6.45, 7) is 7.94. The first-order chi connectivity index (χ1) is 12.6. The first-order valence-electron chi connectivity index (χ1n) is 9.14. The van der Waals surface area contributed by atoms with Crippen molar-refractivity contribution in [1.82, 2.24) is 9.21 Å². The van der Waals surface area contributed by atoms with E-state index in [2.05, 4.69) is 4.90 Å². The monoisotopic (exact) mass is 390 g/mol. The van der Waals surface area contributed by atoms with Gasteiger partial charge in [0.2, 0.25) is 21.8 Å². The van der Waals surface area contributed by atoms with Crippen LogP contribution in [-0.4, -0.2) is 72.5 Å². The Kier molecular flexibility index (Phi) is 5.29. The lowest BCUT2D eigenvalue weighted by Gasteiger charge is -2.31. The molecule has 2 aromatic carbocycles. The largest absolute Gasteiger partial charge is 0.304 e. The van der Waals surface area contributed by atoms with Gasteiger partial charge in [0.05, 0.1) is 10.5 Å². The Morgan fingerprint density at radius 1 is 1.04 bits per heavy atom. The molecule has 3 rings (SSSR count). The molecule has 1 aliphatic heterocycles. The van der Waals surface area contributed by atoms with E-state index in [1.165, 1.54) is 10.5 Å². The molecule has 7 heteroatoms. The number of fused-ring (bicyclic) bond motifs is 1. The molecule has 1 aliphatic rings. The molecule has 6 nitrogen and oxygen atoms in total. The molecular formula is C20H28N3O3S+. The Morgan fingerprint density at radius 3 is 2.30 bits per heavy atom. The van der Waals surface area contributed by atoms with Crippen LogP contribution in [0.3, 0.4) is 0 Å². The van der Waals surface area contributed by atoms with Crippen molar-refractivity contribution in [2.45, 2.75) is 31.2 Å². The van der Waals surface area contributed by atoms with Crippen molar-refractivity contribution in [3.05, 3.63) is 42.0 Å². The van der Waals surface area contributed by atoms with Gasteiger partial charge in [-0.1, -0.05) is 30.3 Å². The van der Waals surface area contributed by atoms with Gasteiger partial charge in [-0.2, -0.15) is 4.31 Å². The fourth-order valence-electron chi connectivity index (χ4n) is 3.12. The van der Waals surface area contributed by atoms with Gasteiger partial charge in [-0.05, 0) is 28.6 Å². The van der Waals surface area contributed by atoms with Crippen LogP contribution in [-0.2, 0) is 10.0 Å². The highest BCUT2D eigenvalue weighted by Crippen LogP contribution is 2.28. The minimum absolute atomic E-state index is 0.231. The van der Waals surface area contributed by atoms with Crippen molar-refractivity contribution in [3.8, 4) is 0 Å². The second-order valence-corrected chi connectivity index (χ2v) is 9.96. The van der Waals surface area contributed by atoms with E-state index in [1.807, 2.05) is 58.2 Å². The number of sulfonamides is 1. The van der Waals surface area contributed by atoms with Gasteiger partial charge in [-0.3, -0.25) is 5.21 Å². The highest BCUT2D eigenvalue weighted by atomic mass is 32.2. The number of piperazine rings is 1. The molecule has 1 saturated heterocycles. The van der Waals surface area contributed by atoms with E-state index in [1.54, 1.807) is 6.07 Å². The van der Waals surface area contributed by atoms with E-state index in [4.69, 9.17) is 0 Å². The summed E-state index contributed by atoms with van der Waals surface area (Å²) >= 11 is 0. The summed E-state index contributed by atoms with van der Waals surface area (Å²) in [5.41, 5.74) is -0.0318. The van der Waals surface area contributed by atoms with Crippen LogP contribution in [0.2, 0.25) is 0 Å². The summed E-state index contributed by atoms with van der Waals surface area (Å²) in [6.07, 6.45) is 1.53. The van der Waals surface area contributed by atoms with Gasteiger partial charge in [0.1, 0.15) is 0 Å². The third kappa shape index (κ3) is 4.00. The minimum Gasteiger partial charge on any atom is -0.304 e. The minimum atomic E-state index is -3.66. The smallest absolute Gasteiger partial charge is 0.244 e. The molecule has 0 aliphatic carbocycles. The number of likely N-dealkylation sites (N-methyl/N-ethyl adjacent to an activating group) is 1. The molecule has 2 aromatic rings. The summed E-state index contributed by atoms with van der Waals surface area (Å²) in [6, 6.07) is 11.1. The molecule has 0 amide bonds. The van der Waals surface area contributed by atoms with Gasteiger partial charge >= 0.3 is 0 Å². The van der Waals surface area contributed by atoms with E-state index < -0.39 is 15.6 Å². The molecule has 0 saturated carbocycles. The Hall–Kier alpha value is -1.96. The number of hydrogen-bond acceptors (Lipinski definition) is 4. The number of nitrogens with zero attached hydrogens (tertiary/aromatic N) is 3. The predicted octanol–water partition coefficient (Wildman–Crippen LogP) is 2.40. The normalized spacial score (nSPS) is 18.1. The van der Waals surface area contributed by atoms with E-state index >= 15 is 0 Å². The summed E-state index contributed by atoms with van der Waals surface area (Å²) < 4.78 is 29.4. The molecule has 0 radical (unpaired) electrons. The molecule has 27 heavy (non-hydrogen) atoms. The topological polar surface area (TPSA) is 63.9 Å². The van der Waals surface area contributed by atoms with Crippen LogP contribution in [0.4, 0.5) is 0 Å². The van der Waals surface area contributed by atoms with Gasteiger partial charge < -0.3 is 4.90 Å². The summed E-state index contributed by atoms with van der Waals surface area (Å²) in [5, 5.41) is 12.2. The van der Waals surface area contributed by atoms with E-state index in [0.717, 1.165) is 15.5 Å². The van der Waals surface area contributed by atoms with Crippen molar-refractivity contribution in [2.75, 3.05) is 33.2 Å². The third-order valence-electron chi connectivity index (χ3n) is 4.95. The zero-order valence-corrected chi connectivity index (χ0v) is 17.2. The summed E-state index contributed by atoms with van der Waals surface area (Å²) in [7, 11) is -1.67. The molecule has 1 heterocycles. The highest BCUT2D eigenvalue weighted by molar-refractivity contribution is 7.89. The lowest BCUT2D eigenvalue weighted by molar-refractivity contribution is -0.816. The SMILES string of the molecule is CN1CCN(S(=O)(=O)c2ccc3ccccc3c2/C=[N+](\O)C(C)(C)C)CC1. The standard InChI is InChI=1S/C20H28N3O3S/c1-20(2,3)23(24)15-18-17-8-6-5-7-16(17)9-10-19(18)27(25,26)22-13-11-21(4)12-14-22/h5-10,15,24H,11-14H2,1-4H3/q+1/b23-15-. The molecule has 1 fully saturated rings. The van der Waals surface area contributed by atoms with Gasteiger partial charge in [-0.25, -0.2) is 8.42 Å². The quantitative estimate of drug-likeness (QED) is 0.378. The van der Waals surface area contributed by atoms with Gasteiger partial charge in [0, 0.05) is 47.0 Å². The Balaban J connectivity index is 2.19. The highest BCUT2D eigenvalue weighted by Gasteiger charge is 2.32. The molecule has 0 unspecified atom stereocenters. The molecule has 0 atom stereocenters. The van der Waals surface area contributed by atoms with E-state index in [9.17, 15) is 13.6 Å². The van der Waals surface area contributed by atoms with Crippen LogP contribution in [0, 0.1) is 0 Å². The lowest BCUT2D eigenvalue weighted by atomic mass is 10.0. The maximum atomic E-state index is 13.4. The zero-order chi connectivity index (χ0) is 19.8. The third-order valence-corrected chi connectivity index (χ3v) is 6.91. The van der Waals surface area contributed by atoms with Crippen LogP contribution in [0.15, 0.2) is 41.3 Å². The number of rotatable bonds is 3. The first-order valence-corrected chi connectivity index (χ1v) is 10.6. The number of hydroxylamine groups is 1. The van der Waals surface area contributed by atoms with Gasteiger partial charge in [-0.15, -0.1) is 0 Å². The van der Waals surface area contributed by atoms with Crippen LogP contribution in [0.5, 0.6) is 0 Å². The molecule has 0 aromatic heterocycles. The average Bonchev–Trinajstić information content (AvgIpc) is 2.61.